The lowest BCUT2D eigenvalue weighted by Gasteiger charge is -2.31. The van der Waals surface area contributed by atoms with Gasteiger partial charge in [0.05, 0.1) is 18.4 Å². The van der Waals surface area contributed by atoms with Crippen LogP contribution in [0.4, 0.5) is 11.4 Å². The minimum atomic E-state index is -0.466. The molecule has 0 radical (unpaired) electrons. The number of carbonyl (C=O) groups excluding carboxylic acids is 2. The maximum Gasteiger partial charge on any atom is 0.263 e. The predicted molar refractivity (Wildman–Crippen MR) is 200 cm³/mol. The van der Waals surface area contributed by atoms with Crippen molar-refractivity contribution in [1.82, 2.24) is 14.8 Å². The maximum absolute atomic E-state index is 14.5. The Morgan fingerprint density at radius 1 is 0.857 bits per heavy atom. The van der Waals surface area contributed by atoms with Gasteiger partial charge in [0.1, 0.15) is 11.3 Å². The molecule has 0 spiro atoms. The van der Waals surface area contributed by atoms with Crippen LogP contribution in [-0.4, -0.2) is 59.9 Å². The molecule has 1 aromatic heterocycles. The third-order valence-corrected chi connectivity index (χ3v) is 10.1. The molecule has 1 fully saturated rings. The Morgan fingerprint density at radius 3 is 2.04 bits per heavy atom. The van der Waals surface area contributed by atoms with E-state index in [1.54, 1.807) is 4.90 Å². The molecule has 9 heteroatoms. The quantitative estimate of drug-likeness (QED) is 0.105. The van der Waals surface area contributed by atoms with Crippen LogP contribution in [0.5, 0.6) is 5.88 Å². The van der Waals surface area contributed by atoms with Gasteiger partial charge in [0.2, 0.25) is 5.88 Å². The number of hydrogen-bond donors (Lipinski definition) is 1. The van der Waals surface area contributed by atoms with Crippen LogP contribution in [0.15, 0.2) is 39.3 Å². The molecule has 2 amide bonds. The van der Waals surface area contributed by atoms with Gasteiger partial charge in [-0.25, -0.2) is 0 Å². The number of benzene rings is 1. The second-order valence-corrected chi connectivity index (χ2v) is 13.8. The van der Waals surface area contributed by atoms with E-state index in [-0.39, 0.29) is 23.3 Å². The number of unbranched alkanes of at least 4 members (excludes halogenated alkanes) is 4. The Balaban J connectivity index is 2.08. The van der Waals surface area contributed by atoms with Gasteiger partial charge >= 0.3 is 0 Å². The van der Waals surface area contributed by atoms with Crippen molar-refractivity contribution in [3.63, 3.8) is 0 Å². The van der Waals surface area contributed by atoms with Crippen LogP contribution in [0.2, 0.25) is 0 Å². The van der Waals surface area contributed by atoms with Crippen LogP contribution >= 0.6 is 0 Å². The number of likely N-dealkylation sites (tertiary alicyclic amines) is 1. The van der Waals surface area contributed by atoms with Crippen molar-refractivity contribution >= 4 is 23.2 Å². The first-order valence-electron chi connectivity index (χ1n) is 19.3. The number of carbonyl (C=O) groups is 2. The van der Waals surface area contributed by atoms with Gasteiger partial charge in [0, 0.05) is 31.7 Å². The number of ether oxygens (including phenoxy) is 1. The molecule has 1 saturated heterocycles. The molecule has 1 aliphatic heterocycles. The zero-order chi connectivity index (χ0) is 35.6. The molecule has 0 saturated carbocycles. The molecule has 2 atom stereocenters. The zero-order valence-electron chi connectivity index (χ0n) is 31.3. The molecular weight excluding hydrogens is 614 g/mol. The number of aromatic nitrogens is 1. The van der Waals surface area contributed by atoms with Crippen LogP contribution in [0.3, 0.4) is 0 Å². The summed E-state index contributed by atoms with van der Waals surface area (Å²) in [5.41, 5.74) is 1.51. The third kappa shape index (κ3) is 11.5. The minimum Gasteiger partial charge on any atom is -0.481 e. The second kappa shape index (κ2) is 21.6. The highest BCUT2D eigenvalue weighted by molar-refractivity contribution is 5.99. The van der Waals surface area contributed by atoms with Crippen LogP contribution in [-0.2, 0) is 6.42 Å². The summed E-state index contributed by atoms with van der Waals surface area (Å²) in [7, 11) is 1.48. The second-order valence-electron chi connectivity index (χ2n) is 13.8. The molecular formula is C40H63N5O4. The summed E-state index contributed by atoms with van der Waals surface area (Å²) in [6.07, 6.45) is 15.0. The summed E-state index contributed by atoms with van der Waals surface area (Å²) >= 11 is 0. The Morgan fingerprint density at radius 2 is 1.47 bits per heavy atom. The number of amides is 2. The Kier molecular flexibility index (Phi) is 17.6. The monoisotopic (exact) mass is 677 g/mol. The number of nitrogens with zero attached hydrogens (tertiary/aromatic N) is 4. The van der Waals surface area contributed by atoms with E-state index in [2.05, 4.69) is 54.7 Å². The fourth-order valence-corrected chi connectivity index (χ4v) is 6.86. The summed E-state index contributed by atoms with van der Waals surface area (Å²) in [6, 6.07) is 7.38. The SMILES string of the molecule is CCCCCc1c(/N=N/c2ccccc2C(=O)N(CC(CC)CCCC)CC(CC)CCCC)c(OC)[nH]c(=O)c1C(=O)N1CCCCC1. The molecule has 2 heterocycles. The van der Waals surface area contributed by atoms with Crippen molar-refractivity contribution in [3.8, 4) is 5.88 Å². The number of nitrogens with one attached hydrogen (secondary N) is 1. The van der Waals surface area contributed by atoms with Crippen LogP contribution in [0.1, 0.15) is 151 Å². The largest absolute Gasteiger partial charge is 0.481 e. The number of piperidine rings is 1. The summed E-state index contributed by atoms with van der Waals surface area (Å²) in [5.74, 6) is 0.753. The van der Waals surface area contributed by atoms with Gasteiger partial charge in [-0.05, 0) is 68.9 Å². The molecule has 9 nitrogen and oxygen atoms in total. The van der Waals surface area contributed by atoms with Gasteiger partial charge in [0.25, 0.3) is 17.4 Å². The van der Waals surface area contributed by atoms with E-state index < -0.39 is 5.56 Å². The summed E-state index contributed by atoms with van der Waals surface area (Å²) in [6.45, 7) is 13.7. The van der Waals surface area contributed by atoms with E-state index in [9.17, 15) is 14.4 Å². The van der Waals surface area contributed by atoms with Crippen molar-refractivity contribution < 1.29 is 14.3 Å². The lowest BCUT2D eigenvalue weighted by Crippen LogP contribution is -2.39. The molecule has 49 heavy (non-hydrogen) atoms. The molecule has 2 aromatic rings. The Bertz CT molecular complexity index is 1380. The van der Waals surface area contributed by atoms with Gasteiger partial charge in [-0.3, -0.25) is 19.4 Å². The van der Waals surface area contributed by atoms with Crippen molar-refractivity contribution in [2.24, 2.45) is 22.1 Å². The van der Waals surface area contributed by atoms with Crippen LogP contribution < -0.4 is 10.3 Å². The Labute approximate surface area is 295 Å². The maximum atomic E-state index is 14.5. The summed E-state index contributed by atoms with van der Waals surface area (Å²) < 4.78 is 5.62. The molecule has 0 aliphatic carbocycles. The smallest absolute Gasteiger partial charge is 0.263 e. The first-order valence-corrected chi connectivity index (χ1v) is 19.3. The summed E-state index contributed by atoms with van der Waals surface area (Å²) in [4.78, 5) is 48.3. The average molecular weight is 678 g/mol. The standard InChI is InChI=1S/C40H63N5O4/c1-7-12-16-24-33-35(40(48)44-26-19-15-20-27-44)37(46)41-38(49-6)36(33)43-42-34-25-18-17-23-32(34)39(47)45(28-30(10-4)21-13-8-2)29-31(11-5)22-14-9-3/h17-18,23,25,30-31H,7-16,19-22,24,26-29H2,1-6H3,(H,41,46)/b43-42+. The lowest BCUT2D eigenvalue weighted by atomic mass is 9.95. The number of pyridine rings is 1. The van der Waals surface area contributed by atoms with E-state index in [4.69, 9.17) is 4.74 Å². The van der Waals surface area contributed by atoms with E-state index in [1.165, 1.54) is 7.11 Å². The highest BCUT2D eigenvalue weighted by atomic mass is 16.5. The molecule has 1 aromatic carbocycles. The number of methoxy groups -OCH3 is 1. The molecule has 272 valence electrons. The predicted octanol–water partition coefficient (Wildman–Crippen LogP) is 10.0. The van der Waals surface area contributed by atoms with E-state index in [0.717, 1.165) is 103 Å². The van der Waals surface area contributed by atoms with Crippen LogP contribution in [0.25, 0.3) is 0 Å². The molecule has 1 N–H and O–H groups in total. The fourth-order valence-electron chi connectivity index (χ4n) is 6.86. The molecule has 0 bridgehead atoms. The molecule has 3 rings (SSSR count). The van der Waals surface area contributed by atoms with Gasteiger partial charge in [-0.15, -0.1) is 10.2 Å². The first-order chi connectivity index (χ1) is 23.8. The third-order valence-electron chi connectivity index (χ3n) is 10.1. The zero-order valence-corrected chi connectivity index (χ0v) is 31.3. The topological polar surface area (TPSA) is 107 Å². The van der Waals surface area contributed by atoms with Crippen molar-refractivity contribution in [2.45, 2.75) is 131 Å². The highest BCUT2D eigenvalue weighted by Gasteiger charge is 2.29. The minimum absolute atomic E-state index is 0.0305. The number of rotatable bonds is 21. The normalized spacial score (nSPS) is 14.6. The number of azo groups is 1. The van der Waals surface area contributed by atoms with E-state index in [1.807, 2.05) is 24.3 Å². The Hall–Kier alpha value is -3.49. The lowest BCUT2D eigenvalue weighted by molar-refractivity contribution is 0.0684. The van der Waals surface area contributed by atoms with E-state index in [0.29, 0.717) is 53.8 Å². The first kappa shape index (κ1) is 39.9. The van der Waals surface area contributed by atoms with Crippen molar-refractivity contribution in [1.29, 1.82) is 0 Å². The van der Waals surface area contributed by atoms with Crippen LogP contribution in [0, 0.1) is 11.8 Å². The number of hydrogen-bond acceptors (Lipinski definition) is 6. The van der Waals surface area contributed by atoms with Gasteiger partial charge in [-0.2, -0.15) is 0 Å². The van der Waals surface area contributed by atoms with Gasteiger partial charge < -0.3 is 14.5 Å². The van der Waals surface area contributed by atoms with Crippen molar-refractivity contribution in [3.05, 3.63) is 51.3 Å². The van der Waals surface area contributed by atoms with Gasteiger partial charge in [-0.1, -0.05) is 98.1 Å². The number of aromatic amines is 1. The molecule has 1 aliphatic rings. The van der Waals surface area contributed by atoms with Crippen molar-refractivity contribution in [2.75, 3.05) is 33.3 Å². The highest BCUT2D eigenvalue weighted by Crippen LogP contribution is 2.35. The fraction of sp³-hybridized carbons (Fsp3) is 0.675. The van der Waals surface area contributed by atoms with Gasteiger partial charge in [0.15, 0.2) is 0 Å². The molecule has 2 unspecified atom stereocenters. The van der Waals surface area contributed by atoms with E-state index >= 15 is 0 Å². The number of H-pyrrole nitrogens is 1. The summed E-state index contributed by atoms with van der Waals surface area (Å²) in [5, 5.41) is 9.35. The average Bonchev–Trinajstić information content (AvgIpc) is 3.13.